The molecule has 1 radical (unpaired) electrons. The van der Waals surface area contributed by atoms with Crippen molar-refractivity contribution in [2.24, 2.45) is 0 Å². The lowest BCUT2D eigenvalue weighted by atomic mass is 10.3. The number of rotatable bonds is 6. The molecule has 8 heteroatoms. The minimum Gasteiger partial charge on any atom is -0.495 e. The van der Waals surface area contributed by atoms with Crippen LogP contribution in [-0.4, -0.2) is 29.2 Å². The van der Waals surface area contributed by atoms with Crippen LogP contribution in [0.1, 0.15) is 13.8 Å². The molecular formula is C16H18NO5S2. The molecule has 0 amide bonds. The molecule has 0 aliphatic carbocycles. The predicted octanol–water partition coefficient (Wildman–Crippen LogP) is 2.48. The third-order valence-corrected chi connectivity index (χ3v) is 6.87. The Morgan fingerprint density at radius 2 is 1.79 bits per heavy atom. The highest BCUT2D eigenvalue weighted by atomic mass is 32.2. The summed E-state index contributed by atoms with van der Waals surface area (Å²) in [5.74, 6) is 0.0566. The lowest BCUT2D eigenvalue weighted by Crippen LogP contribution is -2.17. The van der Waals surface area contributed by atoms with E-state index in [1.54, 1.807) is 24.3 Å². The van der Waals surface area contributed by atoms with E-state index in [1.807, 2.05) is 0 Å². The fraction of sp³-hybridized carbons (Fsp3) is 0.250. The van der Waals surface area contributed by atoms with Gasteiger partial charge in [0, 0.05) is 6.07 Å². The zero-order chi connectivity index (χ0) is 18.0. The number of hydrogen-bond donors (Lipinski definition) is 1. The van der Waals surface area contributed by atoms with Gasteiger partial charge >= 0.3 is 0 Å². The summed E-state index contributed by atoms with van der Waals surface area (Å²) in [5, 5.41) is -0.670. The highest BCUT2D eigenvalue weighted by molar-refractivity contribution is 7.93. The predicted molar refractivity (Wildman–Crippen MR) is 91.4 cm³/mol. The van der Waals surface area contributed by atoms with Gasteiger partial charge in [0.25, 0.3) is 10.0 Å². The normalized spacial score (nSPS) is 12.2. The van der Waals surface area contributed by atoms with Crippen LogP contribution >= 0.6 is 0 Å². The van der Waals surface area contributed by atoms with Gasteiger partial charge in [-0.15, -0.1) is 0 Å². The average Bonchev–Trinajstić information content (AvgIpc) is 2.54. The van der Waals surface area contributed by atoms with E-state index in [1.165, 1.54) is 33.1 Å². The molecule has 0 bridgehead atoms. The SMILES string of the molecule is COc1ccc(S(=O)(=O)C(C)C)cc1S(=O)(=O)Nc1[c]cccc1. The van der Waals surface area contributed by atoms with Gasteiger partial charge in [0.2, 0.25) is 0 Å². The number of benzene rings is 2. The summed E-state index contributed by atoms with van der Waals surface area (Å²) in [6.45, 7) is 3.07. The van der Waals surface area contributed by atoms with Crippen molar-refractivity contribution >= 4 is 25.5 Å². The molecule has 6 nitrogen and oxygen atoms in total. The van der Waals surface area contributed by atoms with Gasteiger partial charge in [-0.3, -0.25) is 4.72 Å². The first-order chi connectivity index (χ1) is 11.2. The lowest BCUT2D eigenvalue weighted by Gasteiger charge is -2.14. The molecule has 0 atom stereocenters. The van der Waals surface area contributed by atoms with E-state index in [-0.39, 0.29) is 21.2 Å². The molecule has 1 N–H and O–H groups in total. The molecule has 2 aromatic rings. The molecule has 0 heterocycles. The molecule has 129 valence electrons. The molecule has 0 aliphatic rings. The Labute approximate surface area is 142 Å². The Bertz CT molecular complexity index is 920. The molecule has 2 rings (SSSR count). The number of methoxy groups -OCH3 is 1. The fourth-order valence-electron chi connectivity index (χ4n) is 1.97. The van der Waals surface area contributed by atoms with Crippen LogP contribution in [0.4, 0.5) is 5.69 Å². The summed E-state index contributed by atoms with van der Waals surface area (Å²) in [6, 6.07) is 13.0. The van der Waals surface area contributed by atoms with Crippen LogP contribution in [0.3, 0.4) is 0 Å². The number of sulfone groups is 1. The molecule has 24 heavy (non-hydrogen) atoms. The first kappa shape index (κ1) is 18.3. The van der Waals surface area contributed by atoms with Gasteiger partial charge in [-0.05, 0) is 38.1 Å². The maximum atomic E-state index is 12.6. The van der Waals surface area contributed by atoms with Gasteiger partial charge in [-0.25, -0.2) is 16.8 Å². The number of nitrogens with one attached hydrogen (secondary N) is 1. The van der Waals surface area contributed by atoms with E-state index in [0.29, 0.717) is 0 Å². The van der Waals surface area contributed by atoms with Gasteiger partial charge in [-0.1, -0.05) is 18.2 Å². The van der Waals surface area contributed by atoms with Crippen molar-refractivity contribution in [3.63, 3.8) is 0 Å². The second kappa shape index (κ2) is 6.82. The number of hydrogen-bond acceptors (Lipinski definition) is 5. The van der Waals surface area contributed by atoms with E-state index in [9.17, 15) is 16.8 Å². The second-order valence-electron chi connectivity index (χ2n) is 5.29. The zero-order valence-electron chi connectivity index (χ0n) is 13.5. The van der Waals surface area contributed by atoms with Crippen molar-refractivity contribution in [2.45, 2.75) is 28.9 Å². The van der Waals surface area contributed by atoms with Gasteiger partial charge in [0.15, 0.2) is 9.84 Å². The lowest BCUT2D eigenvalue weighted by molar-refractivity contribution is 0.402. The number of para-hydroxylation sites is 1. The van der Waals surface area contributed by atoms with Crippen LogP contribution in [0.2, 0.25) is 0 Å². The van der Waals surface area contributed by atoms with E-state index >= 15 is 0 Å². The fourth-order valence-corrected chi connectivity index (χ4v) is 4.36. The standard InChI is InChI=1S/C16H18NO5S2/c1-12(2)23(18,19)14-9-10-15(22-3)16(11-14)24(20,21)17-13-7-5-4-6-8-13/h4-7,9-12,17H,1-3H3. The Balaban J connectivity index is 2.55. The third-order valence-electron chi connectivity index (χ3n) is 3.33. The molecule has 0 aliphatic heterocycles. The van der Waals surface area contributed by atoms with Crippen LogP contribution in [0.5, 0.6) is 5.75 Å². The Morgan fingerprint density at radius 3 is 2.33 bits per heavy atom. The Hall–Kier alpha value is -2.06. The first-order valence-corrected chi connectivity index (χ1v) is 10.1. The van der Waals surface area contributed by atoms with Crippen molar-refractivity contribution in [1.29, 1.82) is 0 Å². The smallest absolute Gasteiger partial charge is 0.265 e. The Kier molecular flexibility index (Phi) is 5.19. The van der Waals surface area contributed by atoms with Crippen molar-refractivity contribution in [2.75, 3.05) is 11.8 Å². The largest absolute Gasteiger partial charge is 0.495 e. The van der Waals surface area contributed by atoms with E-state index in [4.69, 9.17) is 4.74 Å². The monoisotopic (exact) mass is 368 g/mol. The van der Waals surface area contributed by atoms with E-state index in [0.717, 1.165) is 6.07 Å². The van der Waals surface area contributed by atoms with Crippen LogP contribution in [0.15, 0.2) is 52.3 Å². The van der Waals surface area contributed by atoms with Gasteiger partial charge in [0.05, 0.1) is 22.9 Å². The minimum absolute atomic E-state index is 0.0566. The highest BCUT2D eigenvalue weighted by Gasteiger charge is 2.25. The summed E-state index contributed by atoms with van der Waals surface area (Å²) in [5.41, 5.74) is 0.247. The summed E-state index contributed by atoms with van der Waals surface area (Å²) in [6.07, 6.45) is 0. The van der Waals surface area contributed by atoms with Crippen LogP contribution in [0.25, 0.3) is 0 Å². The van der Waals surface area contributed by atoms with Gasteiger partial charge in [-0.2, -0.15) is 0 Å². The number of sulfonamides is 1. The average molecular weight is 368 g/mol. The molecule has 0 spiro atoms. The van der Waals surface area contributed by atoms with Crippen LogP contribution in [-0.2, 0) is 19.9 Å². The van der Waals surface area contributed by atoms with Crippen LogP contribution < -0.4 is 9.46 Å². The summed E-state index contributed by atoms with van der Waals surface area (Å²) >= 11 is 0. The molecule has 0 unspecified atom stereocenters. The maximum Gasteiger partial charge on any atom is 0.265 e. The first-order valence-electron chi connectivity index (χ1n) is 7.10. The maximum absolute atomic E-state index is 12.6. The summed E-state index contributed by atoms with van der Waals surface area (Å²) in [4.78, 5) is -0.320. The molecule has 0 aromatic heterocycles. The van der Waals surface area contributed by atoms with Crippen molar-refractivity contribution in [3.8, 4) is 5.75 Å². The Morgan fingerprint density at radius 1 is 1.08 bits per heavy atom. The van der Waals surface area contributed by atoms with Gasteiger partial charge in [0.1, 0.15) is 10.6 Å². The van der Waals surface area contributed by atoms with Gasteiger partial charge < -0.3 is 4.74 Å². The quantitative estimate of drug-likeness (QED) is 0.846. The van der Waals surface area contributed by atoms with Crippen molar-refractivity contribution in [3.05, 3.63) is 48.5 Å². The van der Waals surface area contributed by atoms with E-state index in [2.05, 4.69) is 10.8 Å². The summed E-state index contributed by atoms with van der Waals surface area (Å²) in [7, 11) is -6.33. The molecule has 0 fully saturated rings. The second-order valence-corrected chi connectivity index (χ2v) is 9.44. The molecular weight excluding hydrogens is 350 g/mol. The molecule has 0 saturated heterocycles. The molecule has 2 aromatic carbocycles. The zero-order valence-corrected chi connectivity index (χ0v) is 15.1. The van der Waals surface area contributed by atoms with Crippen molar-refractivity contribution in [1.82, 2.24) is 0 Å². The number of anilines is 1. The highest BCUT2D eigenvalue weighted by Crippen LogP contribution is 2.29. The van der Waals surface area contributed by atoms with Crippen molar-refractivity contribution < 1.29 is 21.6 Å². The van der Waals surface area contributed by atoms with Crippen LogP contribution in [0, 0.1) is 6.07 Å². The third kappa shape index (κ3) is 3.70. The van der Waals surface area contributed by atoms with E-state index < -0.39 is 25.1 Å². The molecule has 0 saturated carbocycles. The topological polar surface area (TPSA) is 89.5 Å². The summed E-state index contributed by atoms with van der Waals surface area (Å²) < 4.78 is 57.3. The number of ether oxygens (including phenoxy) is 1. The minimum atomic E-state index is -4.04.